The van der Waals surface area contributed by atoms with Crippen molar-refractivity contribution in [2.24, 2.45) is 0 Å². The fourth-order valence-electron chi connectivity index (χ4n) is 1.50. The van der Waals surface area contributed by atoms with Gasteiger partial charge in [0.15, 0.2) is 0 Å². The van der Waals surface area contributed by atoms with Crippen molar-refractivity contribution in [2.75, 3.05) is 5.32 Å². The summed E-state index contributed by atoms with van der Waals surface area (Å²) in [4.78, 5) is 16.0. The number of hydrogen-bond acceptors (Lipinski definition) is 2. The normalized spacial score (nSPS) is 10.3. The Kier molecular flexibility index (Phi) is 4.30. The lowest BCUT2D eigenvalue weighted by Crippen LogP contribution is -2.13. The number of rotatable bonds is 2. The Balaban J connectivity index is 2.35. The van der Waals surface area contributed by atoms with Crippen molar-refractivity contribution in [3.63, 3.8) is 0 Å². The van der Waals surface area contributed by atoms with E-state index in [-0.39, 0.29) is 5.56 Å². The topological polar surface area (TPSA) is 42.0 Å². The van der Waals surface area contributed by atoms with Crippen molar-refractivity contribution in [3.05, 3.63) is 56.8 Å². The maximum atomic E-state index is 12.1. The van der Waals surface area contributed by atoms with Gasteiger partial charge in [0.05, 0.1) is 26.3 Å². The highest BCUT2D eigenvalue weighted by molar-refractivity contribution is 6.41. The van der Waals surface area contributed by atoms with Crippen LogP contribution in [0.5, 0.6) is 0 Å². The zero-order chi connectivity index (χ0) is 14.0. The molecule has 0 saturated heterocycles. The van der Waals surface area contributed by atoms with Crippen LogP contribution in [-0.4, -0.2) is 10.9 Å². The number of carbonyl (C=O) groups is 1. The average Bonchev–Trinajstić information content (AvgIpc) is 2.39. The lowest BCUT2D eigenvalue weighted by atomic mass is 10.2. The summed E-state index contributed by atoms with van der Waals surface area (Å²) in [6, 6.07) is 4.98. The summed E-state index contributed by atoms with van der Waals surface area (Å²) in [7, 11) is 0. The van der Waals surface area contributed by atoms with E-state index in [9.17, 15) is 4.79 Å². The Morgan fingerprint density at radius 3 is 2.58 bits per heavy atom. The fourth-order valence-corrected chi connectivity index (χ4v) is 2.15. The molecule has 6 heteroatoms. The molecule has 1 N–H and O–H groups in total. The van der Waals surface area contributed by atoms with Gasteiger partial charge in [0.25, 0.3) is 5.91 Å². The Morgan fingerprint density at radius 2 is 1.89 bits per heavy atom. The number of benzene rings is 1. The molecule has 0 spiro atoms. The van der Waals surface area contributed by atoms with E-state index in [0.29, 0.717) is 20.8 Å². The van der Waals surface area contributed by atoms with Crippen LogP contribution in [0.25, 0.3) is 0 Å². The van der Waals surface area contributed by atoms with E-state index < -0.39 is 5.91 Å². The van der Waals surface area contributed by atoms with Crippen LogP contribution < -0.4 is 5.32 Å². The monoisotopic (exact) mass is 314 g/mol. The van der Waals surface area contributed by atoms with Crippen molar-refractivity contribution in [3.8, 4) is 0 Å². The lowest BCUT2D eigenvalue weighted by Gasteiger charge is -2.11. The second-order valence-electron chi connectivity index (χ2n) is 3.86. The summed E-state index contributed by atoms with van der Waals surface area (Å²) in [6.07, 6.45) is 2.89. The van der Waals surface area contributed by atoms with Gasteiger partial charge in [0.2, 0.25) is 0 Å². The molecule has 1 heterocycles. The Hall–Kier alpha value is -1.29. The Bertz CT molecular complexity index is 644. The molecule has 0 unspecified atom stereocenters. The van der Waals surface area contributed by atoms with E-state index >= 15 is 0 Å². The minimum atomic E-state index is -0.410. The molecule has 0 bridgehead atoms. The predicted octanol–water partition coefficient (Wildman–Crippen LogP) is 4.60. The SMILES string of the molecule is Cc1ccc(Cl)c(NC(=O)c2cnccc2Cl)c1Cl. The van der Waals surface area contributed by atoms with E-state index in [2.05, 4.69) is 10.3 Å². The summed E-state index contributed by atoms with van der Waals surface area (Å²) in [6.45, 7) is 1.82. The van der Waals surface area contributed by atoms with Gasteiger partial charge in [0.1, 0.15) is 0 Å². The molecule has 1 aromatic heterocycles. The summed E-state index contributed by atoms with van der Waals surface area (Å²) in [5, 5.41) is 3.73. The number of hydrogen-bond donors (Lipinski definition) is 1. The van der Waals surface area contributed by atoms with Gasteiger partial charge < -0.3 is 5.32 Å². The van der Waals surface area contributed by atoms with E-state index in [1.54, 1.807) is 12.1 Å². The lowest BCUT2D eigenvalue weighted by molar-refractivity contribution is 0.102. The first kappa shape index (κ1) is 14.1. The number of pyridine rings is 1. The van der Waals surface area contributed by atoms with Gasteiger partial charge >= 0.3 is 0 Å². The second-order valence-corrected chi connectivity index (χ2v) is 5.06. The van der Waals surface area contributed by atoms with Gasteiger partial charge in [-0.05, 0) is 24.6 Å². The smallest absolute Gasteiger partial charge is 0.258 e. The number of nitrogens with zero attached hydrogens (tertiary/aromatic N) is 1. The molecule has 0 saturated carbocycles. The molecule has 0 aliphatic carbocycles. The molecule has 98 valence electrons. The van der Waals surface area contributed by atoms with E-state index in [0.717, 1.165) is 5.56 Å². The van der Waals surface area contributed by atoms with Crippen LogP contribution in [0, 0.1) is 6.92 Å². The highest BCUT2D eigenvalue weighted by atomic mass is 35.5. The predicted molar refractivity (Wildman–Crippen MR) is 78.4 cm³/mol. The van der Waals surface area contributed by atoms with Crippen molar-refractivity contribution < 1.29 is 4.79 Å². The number of nitrogens with one attached hydrogen (secondary N) is 1. The van der Waals surface area contributed by atoms with Gasteiger partial charge in [-0.1, -0.05) is 40.9 Å². The van der Waals surface area contributed by atoms with Gasteiger partial charge in [-0.2, -0.15) is 0 Å². The van der Waals surface area contributed by atoms with Crippen LogP contribution >= 0.6 is 34.8 Å². The fraction of sp³-hybridized carbons (Fsp3) is 0.0769. The third kappa shape index (κ3) is 3.00. The molecule has 2 rings (SSSR count). The van der Waals surface area contributed by atoms with E-state index in [1.807, 2.05) is 6.92 Å². The highest BCUT2D eigenvalue weighted by Gasteiger charge is 2.15. The number of anilines is 1. The van der Waals surface area contributed by atoms with Crippen LogP contribution in [0.4, 0.5) is 5.69 Å². The first-order valence-corrected chi connectivity index (χ1v) is 6.49. The highest BCUT2D eigenvalue weighted by Crippen LogP contribution is 2.33. The minimum Gasteiger partial charge on any atom is -0.319 e. The standard InChI is InChI=1S/C13H9Cl3N2O/c1-7-2-3-10(15)12(11(7)16)18-13(19)8-6-17-5-4-9(8)14/h2-6H,1H3,(H,18,19). The zero-order valence-corrected chi connectivity index (χ0v) is 12.1. The van der Waals surface area contributed by atoms with Crippen LogP contribution in [0.3, 0.4) is 0 Å². The van der Waals surface area contributed by atoms with Crippen LogP contribution in [0.2, 0.25) is 15.1 Å². The third-order valence-electron chi connectivity index (χ3n) is 2.54. The van der Waals surface area contributed by atoms with Gasteiger partial charge in [-0.25, -0.2) is 0 Å². The minimum absolute atomic E-state index is 0.262. The third-order valence-corrected chi connectivity index (χ3v) is 3.67. The summed E-state index contributed by atoms with van der Waals surface area (Å²) < 4.78 is 0. The van der Waals surface area contributed by atoms with Crippen molar-refractivity contribution in [2.45, 2.75) is 6.92 Å². The van der Waals surface area contributed by atoms with E-state index in [1.165, 1.54) is 18.5 Å². The first-order valence-electron chi connectivity index (χ1n) is 5.36. The van der Waals surface area contributed by atoms with Crippen molar-refractivity contribution in [1.82, 2.24) is 4.98 Å². The molecule has 0 atom stereocenters. The maximum absolute atomic E-state index is 12.1. The molecule has 2 aromatic rings. The molecule has 1 amide bonds. The summed E-state index contributed by atoms with van der Waals surface area (Å²) in [5.74, 6) is -0.410. The van der Waals surface area contributed by atoms with Crippen LogP contribution in [-0.2, 0) is 0 Å². The molecule has 1 aromatic carbocycles. The molecule has 0 fully saturated rings. The average molecular weight is 316 g/mol. The molecular formula is C13H9Cl3N2O. The summed E-state index contributed by atoms with van der Waals surface area (Å²) >= 11 is 18.1. The number of amides is 1. The maximum Gasteiger partial charge on any atom is 0.258 e. The molecular weight excluding hydrogens is 307 g/mol. The quantitative estimate of drug-likeness (QED) is 0.880. The van der Waals surface area contributed by atoms with Crippen LogP contribution in [0.15, 0.2) is 30.6 Å². The van der Waals surface area contributed by atoms with Crippen molar-refractivity contribution >= 4 is 46.4 Å². The number of carbonyl (C=O) groups excluding carboxylic acids is 1. The van der Waals surface area contributed by atoms with Gasteiger partial charge in [-0.3, -0.25) is 9.78 Å². The van der Waals surface area contributed by atoms with E-state index in [4.69, 9.17) is 34.8 Å². The van der Waals surface area contributed by atoms with Crippen molar-refractivity contribution in [1.29, 1.82) is 0 Å². The number of halogens is 3. The largest absolute Gasteiger partial charge is 0.319 e. The molecule has 0 radical (unpaired) electrons. The van der Waals surface area contributed by atoms with Gasteiger partial charge in [-0.15, -0.1) is 0 Å². The van der Waals surface area contributed by atoms with Gasteiger partial charge in [0, 0.05) is 12.4 Å². The number of aryl methyl sites for hydroxylation is 1. The molecule has 0 aliphatic heterocycles. The number of aromatic nitrogens is 1. The first-order chi connectivity index (χ1) is 9.00. The molecule has 19 heavy (non-hydrogen) atoms. The molecule has 3 nitrogen and oxygen atoms in total. The Morgan fingerprint density at radius 1 is 1.16 bits per heavy atom. The molecule has 0 aliphatic rings. The second kappa shape index (κ2) is 5.78. The zero-order valence-electron chi connectivity index (χ0n) is 9.88. The van der Waals surface area contributed by atoms with Crippen LogP contribution in [0.1, 0.15) is 15.9 Å². The Labute approximate surface area is 125 Å². The summed E-state index contributed by atoms with van der Waals surface area (Å²) in [5.41, 5.74) is 1.45.